The Bertz CT molecular complexity index is 440. The Hall–Kier alpha value is -1.62. The number of piperazine rings is 1. The molecule has 0 spiro atoms. The minimum Gasteiger partial charge on any atom is -0.360 e. The lowest BCUT2D eigenvalue weighted by Crippen LogP contribution is -2.57. The third-order valence-corrected chi connectivity index (χ3v) is 3.99. The molecule has 0 radical (unpaired) electrons. The van der Waals surface area contributed by atoms with Crippen LogP contribution >= 0.6 is 0 Å². The van der Waals surface area contributed by atoms with Crippen LogP contribution in [0.15, 0.2) is 24.3 Å². The Morgan fingerprint density at radius 1 is 1.30 bits per heavy atom. The first-order chi connectivity index (χ1) is 9.54. The predicted octanol–water partition coefficient (Wildman–Crippen LogP) is 2.91. The first kappa shape index (κ1) is 16.4. The fourth-order valence-electron chi connectivity index (χ4n) is 2.33. The third kappa shape index (κ3) is 3.93. The van der Waals surface area contributed by atoms with E-state index in [2.05, 4.69) is 18.9 Å². The summed E-state index contributed by atoms with van der Waals surface area (Å²) in [6, 6.07) is 6.92. The molecule has 0 unspecified atom stereocenters. The summed E-state index contributed by atoms with van der Waals surface area (Å²) in [6.07, 6.45) is 0. The Morgan fingerprint density at radius 3 is 2.40 bits per heavy atom. The van der Waals surface area contributed by atoms with E-state index >= 15 is 0 Å². The number of hydrogen-bond acceptors (Lipinski definition) is 3. The fraction of sp³-hybridized carbons (Fsp3) is 0.600. The SMILES string of the molecule is CC.CC[N+]1(C)CCN(c2cccc([N+](=O)[O-])c2)CC1. The second-order valence-corrected chi connectivity index (χ2v) is 5.15. The summed E-state index contributed by atoms with van der Waals surface area (Å²) in [5.74, 6) is 0. The molecule has 1 heterocycles. The van der Waals surface area contributed by atoms with Gasteiger partial charge in [0, 0.05) is 17.8 Å². The highest BCUT2D eigenvalue weighted by atomic mass is 16.6. The van der Waals surface area contributed by atoms with Gasteiger partial charge >= 0.3 is 0 Å². The number of benzene rings is 1. The lowest BCUT2D eigenvalue weighted by atomic mass is 10.2. The van der Waals surface area contributed by atoms with Crippen LogP contribution in [0.25, 0.3) is 0 Å². The second-order valence-electron chi connectivity index (χ2n) is 5.15. The van der Waals surface area contributed by atoms with Gasteiger partial charge in [0.15, 0.2) is 0 Å². The summed E-state index contributed by atoms with van der Waals surface area (Å²) in [7, 11) is 2.27. The molecular formula is C15H26N3O2+. The van der Waals surface area contributed by atoms with Crippen LogP contribution in [0.2, 0.25) is 0 Å². The molecule has 5 heteroatoms. The van der Waals surface area contributed by atoms with Crippen LogP contribution in [0.4, 0.5) is 11.4 Å². The molecule has 0 aliphatic carbocycles. The quantitative estimate of drug-likeness (QED) is 0.486. The van der Waals surface area contributed by atoms with Gasteiger partial charge < -0.3 is 9.38 Å². The molecule has 1 fully saturated rings. The minimum atomic E-state index is -0.334. The molecule has 0 bridgehead atoms. The molecule has 1 aliphatic rings. The Kier molecular flexibility index (Phi) is 5.95. The van der Waals surface area contributed by atoms with Crippen LogP contribution in [0.1, 0.15) is 20.8 Å². The molecule has 0 atom stereocenters. The van der Waals surface area contributed by atoms with Crippen molar-refractivity contribution in [3.05, 3.63) is 34.4 Å². The Morgan fingerprint density at radius 2 is 1.90 bits per heavy atom. The number of non-ortho nitro benzene ring substituents is 1. The van der Waals surface area contributed by atoms with E-state index < -0.39 is 0 Å². The van der Waals surface area contributed by atoms with E-state index in [1.807, 2.05) is 19.9 Å². The van der Waals surface area contributed by atoms with E-state index in [0.717, 1.165) is 42.9 Å². The minimum absolute atomic E-state index is 0.172. The summed E-state index contributed by atoms with van der Waals surface area (Å²) < 4.78 is 1.09. The van der Waals surface area contributed by atoms with Gasteiger partial charge in [-0.2, -0.15) is 0 Å². The molecule has 1 saturated heterocycles. The zero-order valence-electron chi connectivity index (χ0n) is 13.0. The summed E-state index contributed by atoms with van der Waals surface area (Å²) in [6.45, 7) is 11.5. The lowest BCUT2D eigenvalue weighted by Gasteiger charge is -2.42. The van der Waals surface area contributed by atoms with E-state index in [1.54, 1.807) is 18.2 Å². The lowest BCUT2D eigenvalue weighted by molar-refractivity contribution is -0.908. The van der Waals surface area contributed by atoms with Crippen molar-refractivity contribution in [2.24, 2.45) is 0 Å². The van der Waals surface area contributed by atoms with Gasteiger partial charge in [0.25, 0.3) is 5.69 Å². The number of anilines is 1. The van der Waals surface area contributed by atoms with Gasteiger partial charge in [-0.25, -0.2) is 0 Å². The average Bonchev–Trinajstić information content (AvgIpc) is 2.50. The smallest absolute Gasteiger partial charge is 0.271 e. The van der Waals surface area contributed by atoms with Gasteiger partial charge in [0.1, 0.15) is 0 Å². The van der Waals surface area contributed by atoms with E-state index in [-0.39, 0.29) is 10.6 Å². The second kappa shape index (κ2) is 7.24. The van der Waals surface area contributed by atoms with Gasteiger partial charge in [0.05, 0.1) is 44.7 Å². The van der Waals surface area contributed by atoms with Crippen LogP contribution in [-0.4, -0.2) is 49.2 Å². The maximum absolute atomic E-state index is 10.8. The summed E-state index contributed by atoms with van der Waals surface area (Å²) in [5, 5.41) is 10.8. The highest BCUT2D eigenvalue weighted by Gasteiger charge is 2.27. The highest BCUT2D eigenvalue weighted by Crippen LogP contribution is 2.23. The third-order valence-electron chi connectivity index (χ3n) is 3.99. The van der Waals surface area contributed by atoms with Gasteiger partial charge in [-0.15, -0.1) is 0 Å². The molecule has 112 valence electrons. The first-order valence-corrected chi connectivity index (χ1v) is 7.37. The molecule has 0 aromatic heterocycles. The number of nitrogens with zero attached hydrogens (tertiary/aromatic N) is 3. The number of rotatable bonds is 3. The van der Waals surface area contributed by atoms with Crippen LogP contribution in [0, 0.1) is 10.1 Å². The zero-order valence-corrected chi connectivity index (χ0v) is 13.0. The summed E-state index contributed by atoms with van der Waals surface area (Å²) in [4.78, 5) is 12.7. The molecule has 5 nitrogen and oxygen atoms in total. The number of hydrogen-bond donors (Lipinski definition) is 0. The maximum atomic E-state index is 10.8. The predicted molar refractivity (Wildman–Crippen MR) is 83.1 cm³/mol. The fourth-order valence-corrected chi connectivity index (χ4v) is 2.33. The molecule has 0 saturated carbocycles. The molecule has 1 aliphatic heterocycles. The summed E-state index contributed by atoms with van der Waals surface area (Å²) in [5.41, 5.74) is 1.14. The van der Waals surface area contributed by atoms with Crippen molar-refractivity contribution in [3.8, 4) is 0 Å². The first-order valence-electron chi connectivity index (χ1n) is 7.37. The Labute approximate surface area is 121 Å². The van der Waals surface area contributed by atoms with Crippen molar-refractivity contribution in [1.82, 2.24) is 0 Å². The number of quaternary nitrogens is 1. The Balaban J connectivity index is 0.000000956. The van der Waals surface area contributed by atoms with Crippen molar-refractivity contribution in [2.75, 3.05) is 44.7 Å². The highest BCUT2D eigenvalue weighted by molar-refractivity contribution is 5.53. The zero-order chi connectivity index (χ0) is 15.2. The van der Waals surface area contributed by atoms with Crippen LogP contribution < -0.4 is 4.90 Å². The topological polar surface area (TPSA) is 46.4 Å². The van der Waals surface area contributed by atoms with Crippen LogP contribution in [-0.2, 0) is 0 Å². The van der Waals surface area contributed by atoms with E-state index in [9.17, 15) is 10.1 Å². The van der Waals surface area contributed by atoms with Gasteiger partial charge in [-0.1, -0.05) is 19.9 Å². The largest absolute Gasteiger partial charge is 0.360 e. The molecule has 0 amide bonds. The molecule has 0 N–H and O–H groups in total. The normalized spacial score (nSPS) is 17.1. The van der Waals surface area contributed by atoms with Gasteiger partial charge in [-0.3, -0.25) is 10.1 Å². The molecule has 20 heavy (non-hydrogen) atoms. The van der Waals surface area contributed by atoms with Crippen LogP contribution in [0.5, 0.6) is 0 Å². The van der Waals surface area contributed by atoms with Crippen molar-refractivity contribution in [3.63, 3.8) is 0 Å². The van der Waals surface area contributed by atoms with E-state index in [0.29, 0.717) is 0 Å². The van der Waals surface area contributed by atoms with Crippen molar-refractivity contribution in [2.45, 2.75) is 20.8 Å². The van der Waals surface area contributed by atoms with Crippen molar-refractivity contribution < 1.29 is 9.41 Å². The van der Waals surface area contributed by atoms with E-state index in [1.165, 1.54) is 0 Å². The molecule has 1 aromatic rings. The molecular weight excluding hydrogens is 254 g/mol. The average molecular weight is 280 g/mol. The molecule has 1 aromatic carbocycles. The van der Waals surface area contributed by atoms with Gasteiger partial charge in [-0.05, 0) is 13.0 Å². The maximum Gasteiger partial charge on any atom is 0.271 e. The summed E-state index contributed by atoms with van der Waals surface area (Å²) >= 11 is 0. The standard InChI is InChI=1S/C13H20N3O2.C2H6/c1-3-16(2)9-7-14(8-10-16)12-5-4-6-13(11-12)15(17)18;1-2/h4-6,11H,3,7-10H2,1-2H3;1-2H3/q+1;. The number of nitro groups is 1. The van der Waals surface area contributed by atoms with Crippen molar-refractivity contribution in [1.29, 1.82) is 0 Å². The number of likely N-dealkylation sites (N-methyl/N-ethyl adjacent to an activating group) is 1. The molecule has 2 rings (SSSR count). The number of nitro benzene ring substituents is 1. The van der Waals surface area contributed by atoms with Crippen molar-refractivity contribution >= 4 is 11.4 Å². The monoisotopic (exact) mass is 280 g/mol. The van der Waals surface area contributed by atoms with Crippen LogP contribution in [0.3, 0.4) is 0 Å². The van der Waals surface area contributed by atoms with E-state index in [4.69, 9.17) is 0 Å². The van der Waals surface area contributed by atoms with Gasteiger partial charge in [0.2, 0.25) is 0 Å².